The molecule has 0 radical (unpaired) electrons. The minimum atomic E-state index is 0.503. The van der Waals surface area contributed by atoms with Gasteiger partial charge in [0.25, 0.3) is 0 Å². The first kappa shape index (κ1) is 16.6. The van der Waals surface area contributed by atoms with Gasteiger partial charge in [-0.05, 0) is 51.8 Å². The van der Waals surface area contributed by atoms with Gasteiger partial charge in [0.15, 0.2) is 0 Å². The van der Waals surface area contributed by atoms with Gasteiger partial charge in [-0.15, -0.1) is 0 Å². The highest BCUT2D eigenvalue weighted by Gasteiger charge is 2.12. The molecule has 4 aromatic carbocycles. The van der Waals surface area contributed by atoms with Crippen LogP contribution in [0.15, 0.2) is 97.1 Å². The van der Waals surface area contributed by atoms with E-state index in [1.54, 1.807) is 0 Å². The summed E-state index contributed by atoms with van der Waals surface area (Å²) in [6.07, 6.45) is 2.06. The van der Waals surface area contributed by atoms with E-state index >= 15 is 0 Å². The monoisotopic (exact) mass is 336 g/mol. The van der Waals surface area contributed by atoms with Crippen LogP contribution in [0.25, 0.3) is 10.8 Å². The molecule has 0 spiro atoms. The van der Waals surface area contributed by atoms with Gasteiger partial charge in [0.2, 0.25) is 0 Å². The Hall–Kier alpha value is -2.86. The summed E-state index contributed by atoms with van der Waals surface area (Å²) in [6, 6.07) is 35.0. The van der Waals surface area contributed by atoms with Gasteiger partial charge in [0, 0.05) is 0 Å². The lowest BCUT2D eigenvalue weighted by Crippen LogP contribution is -2.03. The maximum Gasteiger partial charge on any atom is -0.00168 e. The van der Waals surface area contributed by atoms with Gasteiger partial charge in [0.05, 0.1) is 0 Å². The maximum absolute atomic E-state index is 2.34. The lowest BCUT2D eigenvalue weighted by molar-refractivity contribution is 0.749. The SMILES string of the molecule is CC(Cc1ccccc1)c1ccccc1Cc1cccc2ccccc12. The summed E-state index contributed by atoms with van der Waals surface area (Å²) >= 11 is 0. The van der Waals surface area contributed by atoms with Crippen LogP contribution in [-0.2, 0) is 12.8 Å². The second-order valence-electron chi connectivity index (χ2n) is 7.10. The lowest BCUT2D eigenvalue weighted by atomic mass is 9.87. The summed E-state index contributed by atoms with van der Waals surface area (Å²) in [6.45, 7) is 2.34. The molecule has 4 aromatic rings. The van der Waals surface area contributed by atoms with E-state index in [9.17, 15) is 0 Å². The minimum Gasteiger partial charge on any atom is -0.0622 e. The quantitative estimate of drug-likeness (QED) is 0.377. The van der Waals surface area contributed by atoms with Crippen molar-refractivity contribution in [3.8, 4) is 0 Å². The van der Waals surface area contributed by atoms with E-state index in [0.29, 0.717) is 5.92 Å². The number of hydrogen-bond acceptors (Lipinski definition) is 0. The van der Waals surface area contributed by atoms with Crippen molar-refractivity contribution >= 4 is 10.8 Å². The van der Waals surface area contributed by atoms with Crippen LogP contribution in [0.3, 0.4) is 0 Å². The minimum absolute atomic E-state index is 0.503. The van der Waals surface area contributed by atoms with Crippen LogP contribution in [0.5, 0.6) is 0 Å². The number of hydrogen-bond donors (Lipinski definition) is 0. The molecule has 26 heavy (non-hydrogen) atoms. The molecule has 0 saturated carbocycles. The highest BCUT2D eigenvalue weighted by atomic mass is 14.2. The van der Waals surface area contributed by atoms with Gasteiger partial charge in [-0.25, -0.2) is 0 Å². The topological polar surface area (TPSA) is 0 Å². The van der Waals surface area contributed by atoms with Crippen molar-refractivity contribution in [2.45, 2.75) is 25.7 Å². The molecule has 0 bridgehead atoms. The first-order chi connectivity index (χ1) is 12.8. The van der Waals surface area contributed by atoms with E-state index in [1.807, 2.05) is 0 Å². The first-order valence-electron chi connectivity index (χ1n) is 9.39. The largest absolute Gasteiger partial charge is 0.0622 e. The maximum atomic E-state index is 2.34. The normalized spacial score (nSPS) is 12.2. The zero-order valence-corrected chi connectivity index (χ0v) is 15.2. The molecule has 0 nitrogen and oxygen atoms in total. The summed E-state index contributed by atoms with van der Waals surface area (Å²) < 4.78 is 0. The Morgan fingerprint density at radius 1 is 0.615 bits per heavy atom. The van der Waals surface area contributed by atoms with Crippen molar-refractivity contribution in [2.24, 2.45) is 0 Å². The fourth-order valence-corrected chi connectivity index (χ4v) is 3.91. The number of rotatable bonds is 5. The van der Waals surface area contributed by atoms with Crippen LogP contribution < -0.4 is 0 Å². The molecule has 0 aromatic heterocycles. The van der Waals surface area contributed by atoms with Crippen molar-refractivity contribution in [2.75, 3.05) is 0 Å². The number of benzene rings is 4. The second-order valence-corrected chi connectivity index (χ2v) is 7.10. The lowest BCUT2D eigenvalue weighted by Gasteiger charge is -2.17. The van der Waals surface area contributed by atoms with Crippen LogP contribution >= 0.6 is 0 Å². The Morgan fingerprint density at radius 3 is 2.15 bits per heavy atom. The van der Waals surface area contributed by atoms with Crippen LogP contribution in [0.4, 0.5) is 0 Å². The molecular formula is C26H24. The van der Waals surface area contributed by atoms with E-state index in [1.165, 1.54) is 33.0 Å². The van der Waals surface area contributed by atoms with Crippen molar-refractivity contribution in [1.29, 1.82) is 0 Å². The standard InChI is InChI=1S/C26H24/c1-20(18-21-10-3-2-4-11-21)25-16-7-6-13-23(25)19-24-15-9-14-22-12-5-8-17-26(22)24/h2-17,20H,18-19H2,1H3. The smallest absolute Gasteiger partial charge is 0.00168 e. The molecule has 0 aliphatic rings. The molecule has 1 unspecified atom stereocenters. The highest BCUT2D eigenvalue weighted by molar-refractivity contribution is 5.86. The second kappa shape index (κ2) is 7.58. The van der Waals surface area contributed by atoms with Gasteiger partial charge in [0.1, 0.15) is 0 Å². The van der Waals surface area contributed by atoms with Crippen LogP contribution in [0.2, 0.25) is 0 Å². The average molecular weight is 336 g/mol. The fourth-order valence-electron chi connectivity index (χ4n) is 3.91. The number of fused-ring (bicyclic) bond motifs is 1. The summed E-state index contributed by atoms with van der Waals surface area (Å²) in [5.74, 6) is 0.503. The van der Waals surface area contributed by atoms with E-state index in [-0.39, 0.29) is 0 Å². The molecule has 0 amide bonds. The molecule has 1 atom stereocenters. The zero-order valence-electron chi connectivity index (χ0n) is 15.2. The van der Waals surface area contributed by atoms with Crippen LogP contribution in [0, 0.1) is 0 Å². The van der Waals surface area contributed by atoms with E-state index in [0.717, 1.165) is 12.8 Å². The molecular weight excluding hydrogens is 312 g/mol. The Bertz CT molecular complexity index is 993. The highest BCUT2D eigenvalue weighted by Crippen LogP contribution is 2.28. The summed E-state index contributed by atoms with van der Waals surface area (Å²) in [5, 5.41) is 2.68. The van der Waals surface area contributed by atoms with Crippen LogP contribution in [-0.4, -0.2) is 0 Å². The summed E-state index contributed by atoms with van der Waals surface area (Å²) in [4.78, 5) is 0. The summed E-state index contributed by atoms with van der Waals surface area (Å²) in [5.41, 5.74) is 5.71. The predicted molar refractivity (Wildman–Crippen MR) is 112 cm³/mol. The molecule has 4 rings (SSSR count). The van der Waals surface area contributed by atoms with Gasteiger partial charge >= 0.3 is 0 Å². The summed E-state index contributed by atoms with van der Waals surface area (Å²) in [7, 11) is 0. The Kier molecular flexibility index (Phi) is 4.84. The average Bonchev–Trinajstić information content (AvgIpc) is 2.69. The van der Waals surface area contributed by atoms with E-state index in [4.69, 9.17) is 0 Å². The van der Waals surface area contributed by atoms with E-state index < -0.39 is 0 Å². The van der Waals surface area contributed by atoms with Gasteiger partial charge in [-0.2, -0.15) is 0 Å². The molecule has 0 aliphatic carbocycles. The molecule has 128 valence electrons. The molecule has 0 aliphatic heterocycles. The van der Waals surface area contributed by atoms with Crippen molar-refractivity contribution in [3.63, 3.8) is 0 Å². The van der Waals surface area contributed by atoms with Crippen molar-refractivity contribution in [3.05, 3.63) is 119 Å². The fraction of sp³-hybridized carbons (Fsp3) is 0.154. The zero-order chi connectivity index (χ0) is 17.8. The molecule has 0 saturated heterocycles. The predicted octanol–water partition coefficient (Wildman–Crippen LogP) is 6.78. The molecule has 0 N–H and O–H groups in total. The van der Waals surface area contributed by atoms with Crippen LogP contribution in [0.1, 0.15) is 35.1 Å². The first-order valence-corrected chi connectivity index (χ1v) is 9.39. The third-order valence-corrected chi connectivity index (χ3v) is 5.23. The Balaban J connectivity index is 1.65. The van der Waals surface area contributed by atoms with Crippen molar-refractivity contribution < 1.29 is 0 Å². The van der Waals surface area contributed by atoms with Gasteiger partial charge in [-0.1, -0.05) is 104 Å². The molecule has 0 heterocycles. The van der Waals surface area contributed by atoms with Crippen molar-refractivity contribution in [1.82, 2.24) is 0 Å². The third-order valence-electron chi connectivity index (χ3n) is 5.23. The van der Waals surface area contributed by atoms with E-state index in [2.05, 4.69) is 104 Å². The molecule has 0 fully saturated rings. The Labute approximate surface area is 156 Å². The third kappa shape index (κ3) is 3.55. The van der Waals surface area contributed by atoms with Gasteiger partial charge < -0.3 is 0 Å². The van der Waals surface area contributed by atoms with Gasteiger partial charge in [-0.3, -0.25) is 0 Å². The Morgan fingerprint density at radius 2 is 1.27 bits per heavy atom. The molecule has 0 heteroatoms.